The van der Waals surface area contributed by atoms with E-state index in [-0.39, 0.29) is 34.2 Å². The molecule has 5 rings (SSSR count). The molecular formula is C31H37Cl2FN4O3. The van der Waals surface area contributed by atoms with Crippen LogP contribution < -0.4 is 4.90 Å². The minimum atomic E-state index is -0.584. The number of carbonyl (C=O) groups excluding carboxylic acids is 3. The van der Waals surface area contributed by atoms with Crippen LogP contribution in [0.15, 0.2) is 36.4 Å². The second-order valence-electron chi connectivity index (χ2n) is 11.7. The molecule has 10 heteroatoms. The third kappa shape index (κ3) is 6.71. The summed E-state index contributed by atoms with van der Waals surface area (Å²) in [5, 5.41) is 0.911. The molecule has 0 aliphatic carbocycles. The molecule has 0 bridgehead atoms. The Morgan fingerprint density at radius 3 is 2.24 bits per heavy atom. The van der Waals surface area contributed by atoms with Crippen molar-refractivity contribution in [1.29, 1.82) is 0 Å². The first kappa shape index (κ1) is 29.8. The number of benzene rings is 2. The number of hydrogen-bond donors (Lipinski definition) is 0. The average Bonchev–Trinajstić information content (AvgIpc) is 3.51. The van der Waals surface area contributed by atoms with Crippen LogP contribution in [0.1, 0.15) is 42.1 Å². The van der Waals surface area contributed by atoms with E-state index in [2.05, 4.69) is 4.90 Å². The number of carbonyl (C=O) groups is 3. The monoisotopic (exact) mass is 602 g/mol. The zero-order valence-electron chi connectivity index (χ0n) is 23.6. The number of rotatable bonds is 7. The van der Waals surface area contributed by atoms with Crippen LogP contribution in [0, 0.1) is 30.5 Å². The first-order valence-corrected chi connectivity index (χ1v) is 15.2. The van der Waals surface area contributed by atoms with E-state index in [4.69, 9.17) is 23.2 Å². The molecule has 2 aromatic carbocycles. The zero-order chi connectivity index (χ0) is 29.3. The summed E-state index contributed by atoms with van der Waals surface area (Å²) in [5.41, 5.74) is 1.84. The standard InChI is InChI=1S/C31H37Cl2FN4O3/c1-20-4-6-26(15-28(20)33)38(30(40)22-8-12-36(13-9-22)21(2)39)11-3-10-35-16-23-18-37(19-24(23)17-35)31(41)27-7-5-25(32)14-29(27)34/h4-7,14-15,22-24H,3,8-13,16-19H2,1-2H3. The number of halogens is 3. The van der Waals surface area contributed by atoms with Gasteiger partial charge in [0.2, 0.25) is 11.8 Å². The molecule has 2 atom stereocenters. The van der Waals surface area contributed by atoms with Crippen molar-refractivity contribution in [1.82, 2.24) is 14.7 Å². The molecule has 0 saturated carbocycles. The Morgan fingerprint density at radius 2 is 1.63 bits per heavy atom. The first-order chi connectivity index (χ1) is 19.6. The summed E-state index contributed by atoms with van der Waals surface area (Å²) >= 11 is 12.3. The highest BCUT2D eigenvalue weighted by molar-refractivity contribution is 6.31. The lowest BCUT2D eigenvalue weighted by Crippen LogP contribution is -2.44. The van der Waals surface area contributed by atoms with Crippen LogP contribution in [0.25, 0.3) is 0 Å². The molecule has 0 spiro atoms. The fourth-order valence-corrected chi connectivity index (χ4v) is 6.84. The Balaban J connectivity index is 1.16. The molecule has 0 N–H and O–H groups in total. The van der Waals surface area contributed by atoms with Crippen molar-refractivity contribution in [3.05, 3.63) is 63.4 Å². The second-order valence-corrected chi connectivity index (χ2v) is 12.5. The van der Waals surface area contributed by atoms with Crippen LogP contribution in [0.5, 0.6) is 0 Å². The lowest BCUT2D eigenvalue weighted by Gasteiger charge is -2.34. The summed E-state index contributed by atoms with van der Waals surface area (Å²) in [6.45, 7) is 9.16. The Bertz CT molecular complexity index is 1300. The maximum absolute atomic E-state index is 14.3. The summed E-state index contributed by atoms with van der Waals surface area (Å²) in [6, 6.07) is 9.96. The molecular weight excluding hydrogens is 566 g/mol. The number of anilines is 1. The van der Waals surface area contributed by atoms with E-state index in [1.165, 1.54) is 12.1 Å². The number of fused-ring (bicyclic) bond motifs is 1. The van der Waals surface area contributed by atoms with Gasteiger partial charge >= 0.3 is 0 Å². The summed E-state index contributed by atoms with van der Waals surface area (Å²) in [6.07, 6.45) is 2.14. The molecule has 0 radical (unpaired) electrons. The Morgan fingerprint density at radius 1 is 0.951 bits per heavy atom. The lowest BCUT2D eigenvalue weighted by molar-refractivity contribution is -0.133. The topological polar surface area (TPSA) is 64.2 Å². The number of piperidine rings is 1. The van der Waals surface area contributed by atoms with Crippen LogP contribution in [0.3, 0.4) is 0 Å². The molecule has 3 heterocycles. The van der Waals surface area contributed by atoms with Gasteiger partial charge in [0.1, 0.15) is 5.82 Å². The largest absolute Gasteiger partial charge is 0.343 e. The van der Waals surface area contributed by atoms with Gasteiger partial charge in [-0.15, -0.1) is 0 Å². The van der Waals surface area contributed by atoms with E-state index in [1.54, 1.807) is 17.9 Å². The molecule has 41 heavy (non-hydrogen) atoms. The molecule has 3 amide bonds. The zero-order valence-corrected chi connectivity index (χ0v) is 25.1. The first-order valence-electron chi connectivity index (χ1n) is 14.4. The molecule has 7 nitrogen and oxygen atoms in total. The average molecular weight is 604 g/mol. The predicted octanol–water partition coefficient (Wildman–Crippen LogP) is 5.13. The number of hydrogen-bond acceptors (Lipinski definition) is 4. The van der Waals surface area contributed by atoms with Crippen molar-refractivity contribution in [2.24, 2.45) is 17.8 Å². The van der Waals surface area contributed by atoms with Gasteiger partial charge in [0, 0.05) is 74.4 Å². The van der Waals surface area contributed by atoms with Gasteiger partial charge in [-0.2, -0.15) is 0 Å². The maximum Gasteiger partial charge on any atom is 0.256 e. The molecule has 3 saturated heterocycles. The van der Waals surface area contributed by atoms with Gasteiger partial charge in [-0.1, -0.05) is 29.3 Å². The lowest BCUT2D eigenvalue weighted by atomic mass is 9.94. The highest BCUT2D eigenvalue weighted by Gasteiger charge is 2.42. The molecule has 0 aromatic heterocycles. The van der Waals surface area contributed by atoms with Crippen molar-refractivity contribution >= 4 is 46.6 Å². The summed E-state index contributed by atoms with van der Waals surface area (Å²) in [7, 11) is 0. The number of aryl methyl sites for hydroxylation is 1. The van der Waals surface area contributed by atoms with E-state index < -0.39 is 5.82 Å². The normalized spacial score (nSPS) is 21.3. The van der Waals surface area contributed by atoms with Gasteiger partial charge in [-0.05, 0) is 80.5 Å². The number of amides is 3. The fourth-order valence-electron chi connectivity index (χ4n) is 6.50. The SMILES string of the molecule is CC(=O)N1CCC(C(=O)N(CCCN2CC3CN(C(=O)c4ccc(Cl)cc4F)CC3C2)c2ccc(C)c(Cl)c2)CC1. The van der Waals surface area contributed by atoms with E-state index in [0.717, 1.165) is 37.3 Å². The Labute approximate surface area is 251 Å². The molecule has 2 aromatic rings. The third-order valence-electron chi connectivity index (χ3n) is 8.89. The molecule has 3 aliphatic rings. The highest BCUT2D eigenvalue weighted by Crippen LogP contribution is 2.33. The van der Waals surface area contributed by atoms with Crippen LogP contribution in [-0.4, -0.2) is 84.8 Å². The number of nitrogens with zero attached hydrogens (tertiary/aromatic N) is 4. The molecule has 3 aliphatic heterocycles. The maximum atomic E-state index is 14.3. The van der Waals surface area contributed by atoms with Crippen LogP contribution in [0.4, 0.5) is 10.1 Å². The predicted molar refractivity (Wildman–Crippen MR) is 159 cm³/mol. The fraction of sp³-hybridized carbons (Fsp3) is 0.516. The molecule has 220 valence electrons. The summed E-state index contributed by atoms with van der Waals surface area (Å²) in [4.78, 5) is 46.2. The summed E-state index contributed by atoms with van der Waals surface area (Å²) < 4.78 is 14.3. The van der Waals surface area contributed by atoms with Crippen LogP contribution >= 0.6 is 23.2 Å². The second kappa shape index (κ2) is 12.7. The molecule has 3 fully saturated rings. The van der Waals surface area contributed by atoms with Crippen molar-refractivity contribution in [3.8, 4) is 0 Å². The van der Waals surface area contributed by atoms with Crippen molar-refractivity contribution < 1.29 is 18.8 Å². The van der Waals surface area contributed by atoms with Gasteiger partial charge in [-0.3, -0.25) is 14.4 Å². The van der Waals surface area contributed by atoms with E-state index >= 15 is 0 Å². The van der Waals surface area contributed by atoms with Crippen molar-refractivity contribution in [2.45, 2.75) is 33.1 Å². The van der Waals surface area contributed by atoms with Gasteiger partial charge < -0.3 is 19.6 Å². The smallest absolute Gasteiger partial charge is 0.256 e. The third-order valence-corrected chi connectivity index (χ3v) is 9.53. The van der Waals surface area contributed by atoms with Gasteiger partial charge in [-0.25, -0.2) is 4.39 Å². The Hall–Kier alpha value is -2.68. The van der Waals surface area contributed by atoms with Crippen LogP contribution in [0.2, 0.25) is 10.0 Å². The minimum absolute atomic E-state index is 0.0538. The van der Waals surface area contributed by atoms with Gasteiger partial charge in [0.25, 0.3) is 5.91 Å². The molecule has 2 unspecified atom stereocenters. The number of likely N-dealkylation sites (tertiary alicyclic amines) is 3. The highest BCUT2D eigenvalue weighted by atomic mass is 35.5. The van der Waals surface area contributed by atoms with Gasteiger partial charge in [0.05, 0.1) is 5.56 Å². The van der Waals surface area contributed by atoms with Crippen LogP contribution in [-0.2, 0) is 9.59 Å². The van der Waals surface area contributed by atoms with E-state index in [0.29, 0.717) is 62.4 Å². The van der Waals surface area contributed by atoms with Gasteiger partial charge in [0.15, 0.2) is 0 Å². The Kier molecular flexibility index (Phi) is 9.21. The summed E-state index contributed by atoms with van der Waals surface area (Å²) in [5.74, 6) is -0.123. The van der Waals surface area contributed by atoms with Crippen molar-refractivity contribution in [2.75, 3.05) is 57.3 Å². The minimum Gasteiger partial charge on any atom is -0.343 e. The quantitative estimate of drug-likeness (QED) is 0.441. The van der Waals surface area contributed by atoms with E-state index in [9.17, 15) is 18.8 Å². The van der Waals surface area contributed by atoms with Crippen molar-refractivity contribution in [3.63, 3.8) is 0 Å². The van der Waals surface area contributed by atoms with E-state index in [1.807, 2.05) is 34.9 Å².